The smallest absolute Gasteiger partial charge is 0.276 e. The molecule has 0 bridgehead atoms. The highest BCUT2D eigenvalue weighted by molar-refractivity contribution is 6.05. The summed E-state index contributed by atoms with van der Waals surface area (Å²) in [6, 6.07) is 19.6. The summed E-state index contributed by atoms with van der Waals surface area (Å²) in [5.41, 5.74) is 3.72. The number of hydrogen-bond acceptors (Lipinski definition) is 3. The Hall–Kier alpha value is -3.08. The third-order valence-corrected chi connectivity index (χ3v) is 4.33. The Kier molecular flexibility index (Phi) is 3.98. The van der Waals surface area contributed by atoms with Gasteiger partial charge in [-0.3, -0.25) is 9.48 Å². The van der Waals surface area contributed by atoms with Gasteiger partial charge in [-0.25, -0.2) is 0 Å². The highest BCUT2D eigenvalue weighted by Gasteiger charge is 2.27. The maximum atomic E-state index is 12.8. The summed E-state index contributed by atoms with van der Waals surface area (Å²) in [4.78, 5) is 14.6. The number of carbonyl (C=O) groups is 1. The van der Waals surface area contributed by atoms with Crippen molar-refractivity contribution in [2.75, 3.05) is 11.4 Å². The summed E-state index contributed by atoms with van der Waals surface area (Å²) in [7, 11) is 0. The van der Waals surface area contributed by atoms with Crippen LogP contribution < -0.4 is 9.64 Å². The number of rotatable bonds is 4. The van der Waals surface area contributed by atoms with Gasteiger partial charge in [-0.1, -0.05) is 48.0 Å². The van der Waals surface area contributed by atoms with Crippen LogP contribution in [0.15, 0.2) is 60.7 Å². The lowest BCUT2D eigenvalue weighted by Gasteiger charge is -2.27. The normalized spacial score (nSPS) is 13.6. The van der Waals surface area contributed by atoms with Gasteiger partial charge >= 0.3 is 0 Å². The first-order valence-electron chi connectivity index (χ1n) is 8.34. The molecule has 0 radical (unpaired) electrons. The van der Waals surface area contributed by atoms with E-state index in [0.717, 1.165) is 11.3 Å². The molecule has 0 atom stereocenters. The lowest BCUT2D eigenvalue weighted by Crippen LogP contribution is -2.40. The summed E-state index contributed by atoms with van der Waals surface area (Å²) in [6.45, 7) is 3.73. The predicted molar refractivity (Wildman–Crippen MR) is 95.9 cm³/mol. The predicted octanol–water partition coefficient (Wildman–Crippen LogP) is 3.43. The standard InChI is InChI=1S/C20H19N3O2/c1-15-7-9-17(10-8-15)22-11-12-23-18(20(22)24)13-19(21-23)25-14-16-5-3-2-4-6-16/h2-10,13H,11-12,14H2,1H3. The van der Waals surface area contributed by atoms with E-state index in [2.05, 4.69) is 5.10 Å². The average molecular weight is 333 g/mol. The number of ether oxygens (including phenoxy) is 1. The zero-order chi connectivity index (χ0) is 17.2. The number of amides is 1. The molecule has 0 saturated carbocycles. The first-order valence-corrected chi connectivity index (χ1v) is 8.34. The van der Waals surface area contributed by atoms with Crippen molar-refractivity contribution in [1.29, 1.82) is 0 Å². The maximum absolute atomic E-state index is 12.8. The fourth-order valence-electron chi connectivity index (χ4n) is 2.94. The molecular weight excluding hydrogens is 314 g/mol. The molecule has 5 heteroatoms. The van der Waals surface area contributed by atoms with Crippen molar-refractivity contribution in [3.05, 3.63) is 77.5 Å². The summed E-state index contributed by atoms with van der Waals surface area (Å²) < 4.78 is 7.48. The van der Waals surface area contributed by atoms with Gasteiger partial charge in [0.15, 0.2) is 0 Å². The number of nitrogens with zero attached hydrogens (tertiary/aromatic N) is 3. The topological polar surface area (TPSA) is 47.4 Å². The van der Waals surface area contributed by atoms with Gasteiger partial charge in [-0.15, -0.1) is 5.10 Å². The first kappa shape index (κ1) is 15.4. The van der Waals surface area contributed by atoms with Crippen LogP contribution in [0.25, 0.3) is 0 Å². The van der Waals surface area contributed by atoms with E-state index < -0.39 is 0 Å². The van der Waals surface area contributed by atoms with Crippen molar-refractivity contribution in [1.82, 2.24) is 9.78 Å². The van der Waals surface area contributed by atoms with Crippen molar-refractivity contribution >= 4 is 11.6 Å². The molecule has 1 aliphatic heterocycles. The number of anilines is 1. The van der Waals surface area contributed by atoms with E-state index in [4.69, 9.17) is 4.74 Å². The Morgan fingerprint density at radius 3 is 2.56 bits per heavy atom. The Bertz CT molecular complexity index is 885. The second-order valence-electron chi connectivity index (χ2n) is 6.16. The molecule has 25 heavy (non-hydrogen) atoms. The monoisotopic (exact) mass is 333 g/mol. The van der Waals surface area contributed by atoms with E-state index in [-0.39, 0.29) is 5.91 Å². The van der Waals surface area contributed by atoms with Crippen molar-refractivity contribution in [3.63, 3.8) is 0 Å². The molecule has 1 amide bonds. The molecular formula is C20H19N3O2. The van der Waals surface area contributed by atoms with Crippen molar-refractivity contribution < 1.29 is 9.53 Å². The van der Waals surface area contributed by atoms with Gasteiger partial charge in [0.2, 0.25) is 5.88 Å². The summed E-state index contributed by atoms with van der Waals surface area (Å²) in [5.74, 6) is 0.440. The van der Waals surface area contributed by atoms with Gasteiger partial charge in [0.1, 0.15) is 12.3 Å². The summed E-state index contributed by atoms with van der Waals surface area (Å²) in [6.07, 6.45) is 0. The van der Waals surface area contributed by atoms with Crippen LogP contribution in [0.3, 0.4) is 0 Å². The second kappa shape index (κ2) is 6.43. The Balaban J connectivity index is 1.51. The van der Waals surface area contributed by atoms with E-state index in [9.17, 15) is 4.79 Å². The van der Waals surface area contributed by atoms with Crippen molar-refractivity contribution in [2.45, 2.75) is 20.1 Å². The minimum Gasteiger partial charge on any atom is -0.472 e. The highest BCUT2D eigenvalue weighted by atomic mass is 16.5. The van der Waals surface area contributed by atoms with Crippen LogP contribution in [0.2, 0.25) is 0 Å². The van der Waals surface area contributed by atoms with Crippen LogP contribution in [-0.2, 0) is 13.2 Å². The van der Waals surface area contributed by atoms with E-state index in [1.54, 1.807) is 15.6 Å². The van der Waals surface area contributed by atoms with Gasteiger partial charge < -0.3 is 9.64 Å². The molecule has 5 nitrogen and oxygen atoms in total. The Morgan fingerprint density at radius 2 is 1.80 bits per heavy atom. The van der Waals surface area contributed by atoms with Crippen LogP contribution in [0, 0.1) is 6.92 Å². The summed E-state index contributed by atoms with van der Waals surface area (Å²) >= 11 is 0. The number of fused-ring (bicyclic) bond motifs is 1. The molecule has 2 aromatic carbocycles. The zero-order valence-electron chi connectivity index (χ0n) is 14.1. The third-order valence-electron chi connectivity index (χ3n) is 4.33. The molecule has 3 aromatic rings. The zero-order valence-corrected chi connectivity index (χ0v) is 14.1. The molecule has 0 saturated heterocycles. The van der Waals surface area contributed by atoms with Gasteiger partial charge in [0, 0.05) is 18.3 Å². The maximum Gasteiger partial charge on any atom is 0.276 e. The molecule has 0 spiro atoms. The molecule has 2 heterocycles. The fourth-order valence-corrected chi connectivity index (χ4v) is 2.94. The molecule has 1 aliphatic rings. The number of hydrogen-bond donors (Lipinski definition) is 0. The second-order valence-corrected chi connectivity index (χ2v) is 6.16. The number of carbonyl (C=O) groups excluding carboxylic acids is 1. The largest absolute Gasteiger partial charge is 0.472 e. The third kappa shape index (κ3) is 3.13. The lowest BCUT2D eigenvalue weighted by molar-refractivity contribution is 0.0962. The molecule has 0 N–H and O–H groups in total. The van der Waals surface area contributed by atoms with E-state index in [0.29, 0.717) is 31.3 Å². The van der Waals surface area contributed by atoms with Gasteiger partial charge in [-0.2, -0.15) is 0 Å². The van der Waals surface area contributed by atoms with Crippen LogP contribution in [0.4, 0.5) is 5.69 Å². The Morgan fingerprint density at radius 1 is 1.04 bits per heavy atom. The average Bonchev–Trinajstić information content (AvgIpc) is 3.06. The van der Waals surface area contributed by atoms with Gasteiger partial charge in [0.25, 0.3) is 5.91 Å². The molecule has 0 unspecified atom stereocenters. The SMILES string of the molecule is Cc1ccc(N2CCn3nc(OCc4ccccc4)cc3C2=O)cc1. The lowest BCUT2D eigenvalue weighted by atomic mass is 10.2. The van der Waals surface area contributed by atoms with Crippen molar-refractivity contribution in [3.8, 4) is 5.88 Å². The minimum atomic E-state index is -0.0443. The van der Waals surface area contributed by atoms with Crippen LogP contribution in [-0.4, -0.2) is 22.2 Å². The molecule has 126 valence electrons. The highest BCUT2D eigenvalue weighted by Crippen LogP contribution is 2.24. The van der Waals surface area contributed by atoms with E-state index >= 15 is 0 Å². The summed E-state index contributed by atoms with van der Waals surface area (Å²) in [5, 5.41) is 4.41. The van der Waals surface area contributed by atoms with Gasteiger partial charge in [0.05, 0.1) is 6.54 Å². The molecule has 1 aromatic heterocycles. The number of aromatic nitrogens is 2. The van der Waals surface area contributed by atoms with Crippen LogP contribution >= 0.6 is 0 Å². The van der Waals surface area contributed by atoms with Crippen LogP contribution in [0.5, 0.6) is 5.88 Å². The fraction of sp³-hybridized carbons (Fsp3) is 0.200. The van der Waals surface area contributed by atoms with Gasteiger partial charge in [-0.05, 0) is 24.6 Å². The molecule has 4 rings (SSSR count). The first-order chi connectivity index (χ1) is 12.2. The van der Waals surface area contributed by atoms with E-state index in [1.807, 2.05) is 61.5 Å². The van der Waals surface area contributed by atoms with Crippen LogP contribution in [0.1, 0.15) is 21.6 Å². The van der Waals surface area contributed by atoms with E-state index in [1.165, 1.54) is 5.56 Å². The Labute approximate surface area is 146 Å². The molecule has 0 fully saturated rings. The minimum absolute atomic E-state index is 0.0443. The molecule has 0 aliphatic carbocycles. The quantitative estimate of drug-likeness (QED) is 0.735. The number of benzene rings is 2. The van der Waals surface area contributed by atoms with Crippen molar-refractivity contribution in [2.24, 2.45) is 0 Å². The number of aryl methyl sites for hydroxylation is 1.